The fourth-order valence-electron chi connectivity index (χ4n) is 2.08. The lowest BCUT2D eigenvalue weighted by atomic mass is 10.3. The number of H-pyrrole nitrogens is 1. The molecule has 0 amide bonds. The first-order chi connectivity index (χ1) is 10.2. The Morgan fingerprint density at radius 3 is 2.95 bits per heavy atom. The molecule has 0 saturated carbocycles. The van der Waals surface area contributed by atoms with Crippen LogP contribution < -0.4 is 5.32 Å². The summed E-state index contributed by atoms with van der Waals surface area (Å²) in [5.74, 6) is 2.11. The molecule has 1 unspecified atom stereocenters. The predicted molar refractivity (Wildman–Crippen MR) is 79.8 cm³/mol. The lowest BCUT2D eigenvalue weighted by Gasteiger charge is -2.07. The van der Waals surface area contributed by atoms with Crippen LogP contribution in [0.25, 0.3) is 11.0 Å². The van der Waals surface area contributed by atoms with Crippen molar-refractivity contribution in [2.24, 2.45) is 0 Å². The largest absolute Gasteiger partial charge is 0.342 e. The Labute approximate surface area is 123 Å². The number of nitrogens with one attached hydrogen (secondary N) is 2. The highest BCUT2D eigenvalue weighted by molar-refractivity contribution is 5.74. The van der Waals surface area contributed by atoms with Crippen molar-refractivity contribution in [2.75, 3.05) is 0 Å². The van der Waals surface area contributed by atoms with Gasteiger partial charge < -0.3 is 14.8 Å². The second-order valence-corrected chi connectivity index (χ2v) is 5.17. The first-order valence-electron chi connectivity index (χ1n) is 7.23. The van der Waals surface area contributed by atoms with Gasteiger partial charge in [-0.25, -0.2) is 4.98 Å². The highest BCUT2D eigenvalue weighted by Crippen LogP contribution is 2.12. The minimum Gasteiger partial charge on any atom is -0.342 e. The van der Waals surface area contributed by atoms with Gasteiger partial charge >= 0.3 is 0 Å². The van der Waals surface area contributed by atoms with Crippen LogP contribution >= 0.6 is 0 Å². The summed E-state index contributed by atoms with van der Waals surface area (Å²) < 4.78 is 5.24. The third kappa shape index (κ3) is 3.28. The second kappa shape index (κ2) is 6.05. The fraction of sp³-hybridized carbons (Fsp3) is 0.400. The molecule has 21 heavy (non-hydrogen) atoms. The molecular weight excluding hydrogens is 266 g/mol. The van der Waals surface area contributed by atoms with Gasteiger partial charge in [0.25, 0.3) is 0 Å². The normalized spacial score (nSPS) is 12.9. The van der Waals surface area contributed by atoms with Crippen molar-refractivity contribution in [2.45, 2.75) is 39.3 Å². The molecule has 1 aromatic carbocycles. The van der Waals surface area contributed by atoms with Crippen LogP contribution in [0.2, 0.25) is 0 Å². The van der Waals surface area contributed by atoms with E-state index in [1.54, 1.807) is 0 Å². The van der Waals surface area contributed by atoms with E-state index in [0.29, 0.717) is 30.7 Å². The van der Waals surface area contributed by atoms with Gasteiger partial charge in [-0.2, -0.15) is 4.98 Å². The average molecular weight is 285 g/mol. The summed E-state index contributed by atoms with van der Waals surface area (Å²) in [6.45, 7) is 4.87. The monoisotopic (exact) mass is 285 g/mol. The molecule has 0 fully saturated rings. The lowest BCUT2D eigenvalue weighted by molar-refractivity contribution is 0.354. The molecule has 0 radical (unpaired) electrons. The van der Waals surface area contributed by atoms with Crippen molar-refractivity contribution in [3.8, 4) is 0 Å². The van der Waals surface area contributed by atoms with Gasteiger partial charge in [-0.3, -0.25) is 0 Å². The molecule has 3 rings (SSSR count). The minimum atomic E-state index is 0.440. The zero-order valence-corrected chi connectivity index (χ0v) is 12.3. The molecule has 110 valence electrons. The highest BCUT2D eigenvalue weighted by atomic mass is 16.5. The molecule has 2 heterocycles. The summed E-state index contributed by atoms with van der Waals surface area (Å²) in [5.41, 5.74) is 1.98. The molecule has 0 spiro atoms. The maximum atomic E-state index is 5.24. The Balaban J connectivity index is 1.66. The SMILES string of the molecule is CCC(C)NCc1nc(Cc2nc3ccccc3[nH]2)no1. The highest BCUT2D eigenvalue weighted by Gasteiger charge is 2.10. The molecule has 6 nitrogen and oxygen atoms in total. The predicted octanol–water partition coefficient (Wildman–Crippen LogP) is 2.42. The Kier molecular flexibility index (Phi) is 3.96. The second-order valence-electron chi connectivity index (χ2n) is 5.17. The number of fused-ring (bicyclic) bond motifs is 1. The van der Waals surface area contributed by atoms with Crippen LogP contribution in [0.4, 0.5) is 0 Å². The van der Waals surface area contributed by atoms with Crippen molar-refractivity contribution >= 4 is 11.0 Å². The molecule has 6 heteroatoms. The third-order valence-corrected chi connectivity index (χ3v) is 3.49. The van der Waals surface area contributed by atoms with Crippen molar-refractivity contribution in [1.29, 1.82) is 0 Å². The number of hydrogen-bond donors (Lipinski definition) is 2. The number of rotatable bonds is 6. The van der Waals surface area contributed by atoms with E-state index in [0.717, 1.165) is 23.3 Å². The summed E-state index contributed by atoms with van der Waals surface area (Å²) in [7, 11) is 0. The van der Waals surface area contributed by atoms with E-state index >= 15 is 0 Å². The summed E-state index contributed by atoms with van der Waals surface area (Å²) in [6, 6.07) is 8.38. The van der Waals surface area contributed by atoms with E-state index in [9.17, 15) is 0 Å². The molecule has 2 aromatic heterocycles. The minimum absolute atomic E-state index is 0.440. The Bertz CT molecular complexity index is 685. The van der Waals surface area contributed by atoms with Crippen LogP contribution in [0, 0.1) is 0 Å². The number of imidazole rings is 1. The molecule has 3 aromatic rings. The van der Waals surface area contributed by atoms with Crippen LogP contribution in [-0.4, -0.2) is 26.2 Å². The number of hydrogen-bond acceptors (Lipinski definition) is 5. The maximum Gasteiger partial charge on any atom is 0.240 e. The van der Waals surface area contributed by atoms with Gasteiger partial charge in [-0.1, -0.05) is 24.2 Å². The van der Waals surface area contributed by atoms with E-state index in [4.69, 9.17) is 4.52 Å². The number of aromatic amines is 1. The zero-order valence-electron chi connectivity index (χ0n) is 12.3. The van der Waals surface area contributed by atoms with E-state index in [-0.39, 0.29) is 0 Å². The lowest BCUT2D eigenvalue weighted by Crippen LogP contribution is -2.24. The van der Waals surface area contributed by atoms with Crippen LogP contribution in [0.15, 0.2) is 28.8 Å². The van der Waals surface area contributed by atoms with Crippen molar-refractivity contribution < 1.29 is 4.52 Å². The van der Waals surface area contributed by atoms with E-state index in [1.807, 2.05) is 24.3 Å². The topological polar surface area (TPSA) is 79.6 Å². The molecule has 1 atom stereocenters. The summed E-state index contributed by atoms with van der Waals surface area (Å²) in [6.07, 6.45) is 1.61. The van der Waals surface area contributed by atoms with E-state index in [1.165, 1.54) is 0 Å². The Morgan fingerprint density at radius 2 is 2.14 bits per heavy atom. The van der Waals surface area contributed by atoms with Gasteiger partial charge in [-0.15, -0.1) is 0 Å². The van der Waals surface area contributed by atoms with Gasteiger partial charge in [0.2, 0.25) is 5.89 Å². The van der Waals surface area contributed by atoms with Crippen LogP contribution in [0.1, 0.15) is 37.8 Å². The van der Waals surface area contributed by atoms with Crippen LogP contribution in [-0.2, 0) is 13.0 Å². The molecule has 0 bridgehead atoms. The zero-order chi connectivity index (χ0) is 14.7. The van der Waals surface area contributed by atoms with Gasteiger partial charge in [0.1, 0.15) is 5.82 Å². The maximum absolute atomic E-state index is 5.24. The number of nitrogens with zero attached hydrogens (tertiary/aromatic N) is 3. The molecule has 2 N–H and O–H groups in total. The number of para-hydroxylation sites is 2. The fourth-order valence-corrected chi connectivity index (χ4v) is 2.08. The smallest absolute Gasteiger partial charge is 0.240 e. The molecular formula is C15H19N5O. The molecule has 0 saturated heterocycles. The van der Waals surface area contributed by atoms with Gasteiger partial charge in [0.15, 0.2) is 5.82 Å². The van der Waals surface area contributed by atoms with Crippen LogP contribution in [0.5, 0.6) is 0 Å². The standard InChI is InChI=1S/C15H19N5O/c1-3-10(2)16-9-15-19-14(20-21-15)8-13-17-11-6-4-5-7-12(11)18-13/h4-7,10,16H,3,8-9H2,1-2H3,(H,17,18). The van der Waals surface area contributed by atoms with Gasteiger partial charge in [-0.05, 0) is 25.5 Å². The van der Waals surface area contributed by atoms with Gasteiger partial charge in [0.05, 0.1) is 24.0 Å². The molecule has 0 aliphatic heterocycles. The van der Waals surface area contributed by atoms with Crippen molar-refractivity contribution in [3.63, 3.8) is 0 Å². The Hall–Kier alpha value is -2.21. The first-order valence-corrected chi connectivity index (χ1v) is 7.23. The van der Waals surface area contributed by atoms with Crippen LogP contribution in [0.3, 0.4) is 0 Å². The first kappa shape index (κ1) is 13.8. The number of benzene rings is 1. The summed E-state index contributed by atoms with van der Waals surface area (Å²) in [5, 5.41) is 7.33. The van der Waals surface area contributed by atoms with E-state index in [2.05, 4.69) is 39.3 Å². The van der Waals surface area contributed by atoms with Crippen molar-refractivity contribution in [3.05, 3.63) is 41.8 Å². The average Bonchev–Trinajstić information content (AvgIpc) is 3.10. The summed E-state index contributed by atoms with van der Waals surface area (Å²) in [4.78, 5) is 12.2. The quantitative estimate of drug-likeness (QED) is 0.727. The number of aromatic nitrogens is 4. The van der Waals surface area contributed by atoms with Crippen molar-refractivity contribution in [1.82, 2.24) is 25.4 Å². The van der Waals surface area contributed by atoms with Gasteiger partial charge in [0, 0.05) is 6.04 Å². The Morgan fingerprint density at radius 1 is 1.29 bits per heavy atom. The third-order valence-electron chi connectivity index (χ3n) is 3.49. The summed E-state index contributed by atoms with van der Waals surface area (Å²) >= 11 is 0. The van der Waals surface area contributed by atoms with E-state index < -0.39 is 0 Å². The molecule has 0 aliphatic carbocycles. The molecule has 0 aliphatic rings.